The Morgan fingerprint density at radius 3 is 2.50 bits per heavy atom. The number of hydrogen-bond acceptors (Lipinski definition) is 4. The quantitative estimate of drug-likeness (QED) is 0.673. The molecule has 24 heavy (non-hydrogen) atoms. The highest BCUT2D eigenvalue weighted by molar-refractivity contribution is 5.85. The maximum absolute atomic E-state index is 11.7. The van der Waals surface area contributed by atoms with E-state index in [1.54, 1.807) is 7.11 Å². The molecule has 6 heteroatoms. The maximum atomic E-state index is 11.7. The third-order valence-electron chi connectivity index (χ3n) is 3.50. The van der Waals surface area contributed by atoms with Crippen molar-refractivity contribution in [3.8, 4) is 11.5 Å². The molecule has 0 saturated carbocycles. The summed E-state index contributed by atoms with van der Waals surface area (Å²) in [5.74, 6) is 2.04. The van der Waals surface area contributed by atoms with Crippen molar-refractivity contribution >= 4 is 18.3 Å². The molecule has 0 saturated heterocycles. The van der Waals surface area contributed by atoms with E-state index in [1.807, 2.05) is 25.1 Å². The molecule has 0 spiro atoms. The first kappa shape index (κ1) is 22.5. The number of nitrogens with two attached hydrogens (primary N) is 1. The number of hydrogen-bond donors (Lipinski definition) is 2. The van der Waals surface area contributed by atoms with Crippen molar-refractivity contribution in [1.82, 2.24) is 5.32 Å². The van der Waals surface area contributed by atoms with E-state index in [9.17, 15) is 4.79 Å². The second-order valence-corrected chi connectivity index (χ2v) is 6.31. The van der Waals surface area contributed by atoms with Gasteiger partial charge in [-0.1, -0.05) is 19.9 Å². The van der Waals surface area contributed by atoms with Crippen LogP contribution in [0.15, 0.2) is 18.2 Å². The Morgan fingerprint density at radius 1 is 1.21 bits per heavy atom. The van der Waals surface area contributed by atoms with Gasteiger partial charge >= 0.3 is 0 Å². The summed E-state index contributed by atoms with van der Waals surface area (Å²) in [6, 6.07) is 5.78. The molecular weight excluding hydrogens is 328 g/mol. The molecule has 1 aromatic carbocycles. The van der Waals surface area contributed by atoms with Crippen LogP contribution in [0.4, 0.5) is 0 Å². The lowest BCUT2D eigenvalue weighted by Gasteiger charge is -2.13. The van der Waals surface area contributed by atoms with E-state index in [-0.39, 0.29) is 24.4 Å². The second-order valence-electron chi connectivity index (χ2n) is 6.31. The van der Waals surface area contributed by atoms with Gasteiger partial charge in [0, 0.05) is 19.0 Å². The van der Waals surface area contributed by atoms with Crippen molar-refractivity contribution in [2.75, 3.05) is 13.7 Å². The van der Waals surface area contributed by atoms with E-state index < -0.39 is 0 Å². The van der Waals surface area contributed by atoms with Crippen LogP contribution in [0.2, 0.25) is 0 Å². The van der Waals surface area contributed by atoms with Gasteiger partial charge in [0.1, 0.15) is 0 Å². The molecule has 0 bridgehead atoms. The van der Waals surface area contributed by atoms with Gasteiger partial charge in [-0.25, -0.2) is 0 Å². The minimum atomic E-state index is 0. The van der Waals surface area contributed by atoms with Gasteiger partial charge in [0.05, 0.1) is 13.7 Å². The van der Waals surface area contributed by atoms with Gasteiger partial charge in [-0.2, -0.15) is 0 Å². The monoisotopic (exact) mass is 358 g/mol. The smallest absolute Gasteiger partial charge is 0.220 e. The van der Waals surface area contributed by atoms with E-state index in [0.29, 0.717) is 37.7 Å². The predicted molar refractivity (Wildman–Crippen MR) is 99.9 cm³/mol. The molecule has 1 aromatic rings. The summed E-state index contributed by atoms with van der Waals surface area (Å²) in [5, 5.41) is 2.89. The first-order valence-corrected chi connectivity index (χ1v) is 8.24. The summed E-state index contributed by atoms with van der Waals surface area (Å²) in [5.41, 5.74) is 6.63. The highest BCUT2D eigenvalue weighted by Crippen LogP contribution is 2.28. The highest BCUT2D eigenvalue weighted by Gasteiger charge is 2.08. The van der Waals surface area contributed by atoms with Crippen molar-refractivity contribution in [3.63, 3.8) is 0 Å². The molecule has 1 atom stereocenters. The molecule has 138 valence electrons. The molecule has 0 aliphatic rings. The van der Waals surface area contributed by atoms with Crippen molar-refractivity contribution in [1.29, 1.82) is 0 Å². The molecule has 3 N–H and O–H groups in total. The average molecular weight is 359 g/mol. The topological polar surface area (TPSA) is 73.6 Å². The van der Waals surface area contributed by atoms with Crippen LogP contribution in [0.3, 0.4) is 0 Å². The highest BCUT2D eigenvalue weighted by atomic mass is 35.5. The summed E-state index contributed by atoms with van der Waals surface area (Å²) in [6.07, 6.45) is 2.14. The zero-order valence-electron chi connectivity index (χ0n) is 15.1. The summed E-state index contributed by atoms with van der Waals surface area (Å²) in [7, 11) is 1.62. The van der Waals surface area contributed by atoms with Crippen LogP contribution in [0.5, 0.6) is 11.5 Å². The Morgan fingerprint density at radius 2 is 1.92 bits per heavy atom. The number of halogens is 1. The maximum Gasteiger partial charge on any atom is 0.220 e. The van der Waals surface area contributed by atoms with Gasteiger partial charge in [0.25, 0.3) is 0 Å². The summed E-state index contributed by atoms with van der Waals surface area (Å²) in [4.78, 5) is 11.7. The minimum Gasteiger partial charge on any atom is -0.493 e. The summed E-state index contributed by atoms with van der Waals surface area (Å²) in [6.45, 7) is 7.37. The van der Waals surface area contributed by atoms with E-state index in [0.717, 1.165) is 17.7 Å². The number of benzene rings is 1. The van der Waals surface area contributed by atoms with Crippen LogP contribution in [-0.2, 0) is 11.3 Å². The fraction of sp³-hybridized carbons (Fsp3) is 0.611. The van der Waals surface area contributed by atoms with Gasteiger partial charge < -0.3 is 20.5 Å². The Labute approximate surface area is 151 Å². The summed E-state index contributed by atoms with van der Waals surface area (Å²) < 4.78 is 11.1. The number of methoxy groups -OCH3 is 1. The minimum absolute atomic E-state index is 0. The van der Waals surface area contributed by atoms with Crippen molar-refractivity contribution in [2.45, 2.75) is 52.6 Å². The van der Waals surface area contributed by atoms with Crippen LogP contribution in [0, 0.1) is 5.92 Å². The number of carbonyl (C=O) groups is 1. The van der Waals surface area contributed by atoms with Crippen molar-refractivity contribution in [3.05, 3.63) is 23.8 Å². The third-order valence-corrected chi connectivity index (χ3v) is 3.50. The van der Waals surface area contributed by atoms with Crippen LogP contribution < -0.4 is 20.5 Å². The fourth-order valence-corrected chi connectivity index (χ4v) is 1.99. The second kappa shape index (κ2) is 12.0. The van der Waals surface area contributed by atoms with Gasteiger partial charge in [0.15, 0.2) is 11.5 Å². The van der Waals surface area contributed by atoms with E-state index in [1.165, 1.54) is 0 Å². The first-order chi connectivity index (χ1) is 10.9. The zero-order valence-corrected chi connectivity index (χ0v) is 15.9. The van der Waals surface area contributed by atoms with Crippen LogP contribution >= 0.6 is 12.4 Å². The molecule has 0 aromatic heterocycles. The van der Waals surface area contributed by atoms with E-state index in [4.69, 9.17) is 15.2 Å². The van der Waals surface area contributed by atoms with Crippen LogP contribution in [-0.4, -0.2) is 25.7 Å². The number of carbonyl (C=O) groups excluding carboxylic acids is 1. The molecular formula is C18H31ClN2O3. The molecule has 0 aliphatic heterocycles. The number of ether oxygens (including phenoxy) is 2. The normalized spacial score (nSPS) is 11.6. The third kappa shape index (κ3) is 8.99. The molecule has 0 aliphatic carbocycles. The van der Waals surface area contributed by atoms with Gasteiger partial charge in [-0.15, -0.1) is 12.4 Å². The van der Waals surface area contributed by atoms with E-state index in [2.05, 4.69) is 19.2 Å². The number of amides is 1. The molecule has 0 fully saturated rings. The Balaban J connectivity index is 0.00000529. The van der Waals surface area contributed by atoms with Crippen LogP contribution in [0.1, 0.15) is 45.6 Å². The SMILES string of the molecule is COc1cc(CNC(=O)CCC(C)N)ccc1OCCC(C)C.Cl. The Hall–Kier alpha value is -1.46. The predicted octanol–water partition coefficient (Wildman–Crippen LogP) is 3.29. The lowest BCUT2D eigenvalue weighted by atomic mass is 10.1. The Bertz CT molecular complexity index is 493. The summed E-state index contributed by atoms with van der Waals surface area (Å²) >= 11 is 0. The lowest BCUT2D eigenvalue weighted by molar-refractivity contribution is -0.121. The van der Waals surface area contributed by atoms with Gasteiger partial charge in [-0.05, 0) is 43.4 Å². The van der Waals surface area contributed by atoms with Crippen molar-refractivity contribution in [2.24, 2.45) is 11.7 Å². The fourth-order valence-electron chi connectivity index (χ4n) is 1.99. The molecule has 1 rings (SSSR count). The average Bonchev–Trinajstić information content (AvgIpc) is 2.51. The lowest BCUT2D eigenvalue weighted by Crippen LogP contribution is -2.25. The van der Waals surface area contributed by atoms with Crippen LogP contribution in [0.25, 0.3) is 0 Å². The first-order valence-electron chi connectivity index (χ1n) is 8.24. The van der Waals surface area contributed by atoms with Gasteiger partial charge in [-0.3, -0.25) is 4.79 Å². The zero-order chi connectivity index (χ0) is 17.2. The van der Waals surface area contributed by atoms with Crippen molar-refractivity contribution < 1.29 is 14.3 Å². The van der Waals surface area contributed by atoms with E-state index >= 15 is 0 Å². The number of rotatable bonds is 10. The molecule has 0 radical (unpaired) electrons. The molecule has 1 amide bonds. The largest absolute Gasteiger partial charge is 0.493 e. The molecule has 1 unspecified atom stereocenters. The standard InChI is InChI=1S/C18H30N2O3.ClH/c1-13(2)9-10-23-16-7-6-15(11-17(16)22-4)12-20-18(21)8-5-14(3)19;/h6-7,11,13-14H,5,8-10,12,19H2,1-4H3,(H,20,21);1H. The Kier molecular flexibility index (Phi) is 11.3. The molecule has 0 heterocycles. The molecule has 5 nitrogen and oxygen atoms in total. The van der Waals surface area contributed by atoms with Gasteiger partial charge in [0.2, 0.25) is 5.91 Å². The number of nitrogens with one attached hydrogen (secondary N) is 1.